The lowest BCUT2D eigenvalue weighted by Gasteiger charge is -2.08. The van der Waals surface area contributed by atoms with Crippen molar-refractivity contribution in [2.45, 2.75) is 6.42 Å². The van der Waals surface area contributed by atoms with Gasteiger partial charge in [-0.1, -0.05) is 35.3 Å². The Hall–Kier alpha value is -2.04. The highest BCUT2D eigenvalue weighted by Gasteiger charge is 2.11. The zero-order valence-electron chi connectivity index (χ0n) is 10.8. The van der Waals surface area contributed by atoms with Gasteiger partial charge in [-0.25, -0.2) is 4.79 Å². The second-order valence-corrected chi connectivity index (χ2v) is 5.13. The first-order valence-electron chi connectivity index (χ1n) is 6.03. The van der Waals surface area contributed by atoms with Crippen LogP contribution in [0.3, 0.4) is 0 Å². The van der Waals surface area contributed by atoms with Crippen LogP contribution in [0.15, 0.2) is 42.5 Å². The lowest BCUT2D eigenvalue weighted by Crippen LogP contribution is -2.15. The Bertz CT molecular complexity index is 681. The van der Waals surface area contributed by atoms with Gasteiger partial charge in [0.1, 0.15) is 0 Å². The first-order chi connectivity index (χ1) is 9.97. The summed E-state index contributed by atoms with van der Waals surface area (Å²) in [6.45, 7) is 0. The summed E-state index contributed by atoms with van der Waals surface area (Å²) in [6.07, 6.45) is 0.00973. The van der Waals surface area contributed by atoms with Crippen molar-refractivity contribution in [1.29, 1.82) is 0 Å². The molecule has 0 atom stereocenters. The summed E-state index contributed by atoms with van der Waals surface area (Å²) >= 11 is 12.0. The number of nitrogens with one attached hydrogen (secondary N) is 1. The zero-order chi connectivity index (χ0) is 15.4. The predicted octanol–water partition coefficient (Wildman–Crippen LogP) is 3.87. The number of hydrogen-bond donors (Lipinski definition) is 2. The number of anilines is 1. The highest BCUT2D eigenvalue weighted by Crippen LogP contribution is 2.25. The third-order valence-corrected chi connectivity index (χ3v) is 3.50. The van der Waals surface area contributed by atoms with Gasteiger partial charge in [-0.2, -0.15) is 0 Å². The van der Waals surface area contributed by atoms with Gasteiger partial charge in [0.15, 0.2) is 0 Å². The van der Waals surface area contributed by atoms with Gasteiger partial charge < -0.3 is 10.4 Å². The van der Waals surface area contributed by atoms with Crippen molar-refractivity contribution < 1.29 is 14.7 Å². The van der Waals surface area contributed by atoms with Crippen LogP contribution >= 0.6 is 23.2 Å². The number of halogens is 2. The molecule has 0 saturated carbocycles. The first kappa shape index (κ1) is 15.4. The molecule has 108 valence electrons. The maximum Gasteiger partial charge on any atom is 0.335 e. The second kappa shape index (κ2) is 6.61. The standard InChI is InChI=1S/C15H11Cl2NO3/c16-12-5-2-6-13(17)11(12)8-14(19)18-10-4-1-3-9(7-10)15(20)21/h1-7H,8H2,(H,18,19)(H,20,21). The van der Waals surface area contributed by atoms with E-state index in [4.69, 9.17) is 28.3 Å². The molecular weight excluding hydrogens is 313 g/mol. The molecule has 2 aromatic carbocycles. The van der Waals surface area contributed by atoms with E-state index in [-0.39, 0.29) is 17.9 Å². The van der Waals surface area contributed by atoms with Gasteiger partial charge in [-0.3, -0.25) is 4.79 Å². The Labute approximate surface area is 131 Å². The van der Waals surface area contributed by atoms with Crippen molar-refractivity contribution in [2.75, 3.05) is 5.32 Å². The Morgan fingerprint density at radius 1 is 1.05 bits per heavy atom. The molecule has 0 heterocycles. The van der Waals surface area contributed by atoms with E-state index in [1.807, 2.05) is 0 Å². The molecule has 2 aromatic rings. The fourth-order valence-electron chi connectivity index (χ4n) is 1.80. The minimum Gasteiger partial charge on any atom is -0.478 e. The maximum atomic E-state index is 12.0. The van der Waals surface area contributed by atoms with Crippen LogP contribution in [-0.4, -0.2) is 17.0 Å². The second-order valence-electron chi connectivity index (χ2n) is 4.31. The number of carbonyl (C=O) groups is 2. The molecule has 0 aliphatic carbocycles. The first-order valence-corrected chi connectivity index (χ1v) is 6.79. The van der Waals surface area contributed by atoms with E-state index in [1.54, 1.807) is 30.3 Å². The number of benzene rings is 2. The number of aromatic carboxylic acids is 1. The summed E-state index contributed by atoms with van der Waals surface area (Å²) < 4.78 is 0. The van der Waals surface area contributed by atoms with Crippen LogP contribution in [0.25, 0.3) is 0 Å². The lowest BCUT2D eigenvalue weighted by atomic mass is 10.1. The van der Waals surface area contributed by atoms with E-state index in [0.717, 1.165) is 0 Å². The van der Waals surface area contributed by atoms with Crippen LogP contribution in [-0.2, 0) is 11.2 Å². The Kier molecular flexibility index (Phi) is 4.83. The van der Waals surface area contributed by atoms with Gasteiger partial charge in [-0.15, -0.1) is 0 Å². The summed E-state index contributed by atoms with van der Waals surface area (Å²) in [5, 5.41) is 12.4. The van der Waals surface area contributed by atoms with Crippen LogP contribution in [0.1, 0.15) is 15.9 Å². The van der Waals surface area contributed by atoms with Gasteiger partial charge in [0.05, 0.1) is 12.0 Å². The summed E-state index contributed by atoms with van der Waals surface area (Å²) in [5.74, 6) is -1.38. The fraction of sp³-hybridized carbons (Fsp3) is 0.0667. The van der Waals surface area contributed by atoms with Gasteiger partial charge in [0.2, 0.25) is 5.91 Å². The summed E-state index contributed by atoms with van der Waals surface area (Å²) in [6, 6.07) is 11.0. The third kappa shape index (κ3) is 3.97. The highest BCUT2D eigenvalue weighted by molar-refractivity contribution is 6.36. The Morgan fingerprint density at radius 3 is 2.29 bits per heavy atom. The zero-order valence-corrected chi connectivity index (χ0v) is 12.3. The summed E-state index contributed by atoms with van der Waals surface area (Å²) in [7, 11) is 0. The Morgan fingerprint density at radius 2 is 1.67 bits per heavy atom. The largest absolute Gasteiger partial charge is 0.478 e. The van der Waals surface area contributed by atoms with Crippen molar-refractivity contribution in [2.24, 2.45) is 0 Å². The molecule has 0 radical (unpaired) electrons. The van der Waals surface area contributed by atoms with E-state index in [1.165, 1.54) is 12.1 Å². The number of hydrogen-bond acceptors (Lipinski definition) is 2. The molecule has 21 heavy (non-hydrogen) atoms. The smallest absolute Gasteiger partial charge is 0.335 e. The van der Waals surface area contributed by atoms with E-state index < -0.39 is 5.97 Å². The van der Waals surface area contributed by atoms with Crippen LogP contribution in [0.5, 0.6) is 0 Å². The molecule has 0 aromatic heterocycles. The van der Waals surface area contributed by atoms with Crippen LogP contribution < -0.4 is 5.32 Å². The van der Waals surface area contributed by atoms with E-state index >= 15 is 0 Å². The molecule has 0 unspecified atom stereocenters. The van der Waals surface area contributed by atoms with Crippen LogP contribution in [0.4, 0.5) is 5.69 Å². The minimum absolute atomic E-state index is 0.00973. The molecule has 0 bridgehead atoms. The average molecular weight is 324 g/mol. The SMILES string of the molecule is O=C(Cc1c(Cl)cccc1Cl)Nc1cccc(C(=O)O)c1. The average Bonchev–Trinajstić information content (AvgIpc) is 2.43. The van der Waals surface area contributed by atoms with Crippen molar-refractivity contribution in [3.8, 4) is 0 Å². The van der Waals surface area contributed by atoms with Gasteiger partial charge in [-0.05, 0) is 35.9 Å². The monoisotopic (exact) mass is 323 g/mol. The van der Waals surface area contributed by atoms with E-state index in [0.29, 0.717) is 21.3 Å². The number of rotatable bonds is 4. The number of carboxylic acid groups (broad SMARTS) is 1. The Balaban J connectivity index is 2.12. The number of carboxylic acids is 1. The van der Waals surface area contributed by atoms with E-state index in [9.17, 15) is 9.59 Å². The van der Waals surface area contributed by atoms with Crippen molar-refractivity contribution in [3.05, 3.63) is 63.6 Å². The molecule has 0 spiro atoms. The molecule has 2 N–H and O–H groups in total. The minimum atomic E-state index is -1.06. The third-order valence-electron chi connectivity index (χ3n) is 2.79. The molecular formula is C15H11Cl2NO3. The molecule has 6 heteroatoms. The molecule has 2 rings (SSSR count). The quantitative estimate of drug-likeness (QED) is 0.897. The van der Waals surface area contributed by atoms with Crippen molar-refractivity contribution >= 4 is 40.8 Å². The van der Waals surface area contributed by atoms with E-state index in [2.05, 4.69) is 5.32 Å². The summed E-state index contributed by atoms with van der Waals surface area (Å²) in [5.41, 5.74) is 1.04. The highest BCUT2D eigenvalue weighted by atomic mass is 35.5. The molecule has 1 amide bonds. The molecule has 0 saturated heterocycles. The van der Waals surface area contributed by atoms with Crippen LogP contribution in [0.2, 0.25) is 10.0 Å². The predicted molar refractivity (Wildman–Crippen MR) is 82.2 cm³/mol. The fourth-order valence-corrected chi connectivity index (χ4v) is 2.33. The lowest BCUT2D eigenvalue weighted by molar-refractivity contribution is -0.115. The molecule has 0 fully saturated rings. The van der Waals surface area contributed by atoms with Crippen molar-refractivity contribution in [1.82, 2.24) is 0 Å². The summed E-state index contributed by atoms with van der Waals surface area (Å²) in [4.78, 5) is 22.9. The van der Waals surface area contributed by atoms with Gasteiger partial charge in [0.25, 0.3) is 0 Å². The topological polar surface area (TPSA) is 66.4 Å². The molecule has 4 nitrogen and oxygen atoms in total. The number of amides is 1. The maximum absolute atomic E-state index is 12.0. The normalized spacial score (nSPS) is 10.2. The molecule has 0 aliphatic heterocycles. The van der Waals surface area contributed by atoms with Gasteiger partial charge >= 0.3 is 5.97 Å². The van der Waals surface area contributed by atoms with Gasteiger partial charge in [0, 0.05) is 15.7 Å². The molecule has 0 aliphatic rings. The number of carbonyl (C=O) groups excluding carboxylic acids is 1. The van der Waals surface area contributed by atoms with Crippen molar-refractivity contribution in [3.63, 3.8) is 0 Å². The van der Waals surface area contributed by atoms with Crippen LogP contribution in [0, 0.1) is 0 Å².